The van der Waals surface area contributed by atoms with Crippen LogP contribution in [0.15, 0.2) is 36.4 Å². The molecule has 6 nitrogen and oxygen atoms in total. The molecule has 4 rings (SSSR count). The van der Waals surface area contributed by atoms with E-state index in [2.05, 4.69) is 29.2 Å². The van der Waals surface area contributed by atoms with Gasteiger partial charge in [0.25, 0.3) is 0 Å². The number of ether oxygens (including phenoxy) is 2. The maximum absolute atomic E-state index is 12.8. The molecule has 2 aliphatic heterocycles. The van der Waals surface area contributed by atoms with Gasteiger partial charge >= 0.3 is 0 Å². The van der Waals surface area contributed by atoms with Crippen LogP contribution in [0.3, 0.4) is 0 Å². The fourth-order valence-corrected chi connectivity index (χ4v) is 4.30. The summed E-state index contributed by atoms with van der Waals surface area (Å²) in [6, 6.07) is 12.4. The van der Waals surface area contributed by atoms with E-state index in [-0.39, 0.29) is 12.0 Å². The average molecular weight is 410 g/mol. The highest BCUT2D eigenvalue weighted by Gasteiger charge is 2.28. The van der Waals surface area contributed by atoms with Gasteiger partial charge in [-0.2, -0.15) is 0 Å². The number of likely N-dealkylation sites (tertiary alicyclic amines) is 1. The Bertz CT molecular complexity index is 862. The molecule has 0 spiro atoms. The third-order valence-corrected chi connectivity index (χ3v) is 5.91. The summed E-state index contributed by atoms with van der Waals surface area (Å²) < 4.78 is 11.3. The lowest BCUT2D eigenvalue weighted by atomic mass is 10.0. The second-order valence-electron chi connectivity index (χ2n) is 8.25. The van der Waals surface area contributed by atoms with Crippen LogP contribution < -0.4 is 4.74 Å². The van der Waals surface area contributed by atoms with Crippen molar-refractivity contribution in [1.82, 2.24) is 14.8 Å². The second kappa shape index (κ2) is 9.58. The van der Waals surface area contributed by atoms with Crippen LogP contribution in [0.1, 0.15) is 41.5 Å². The Kier molecular flexibility index (Phi) is 6.65. The number of pyridine rings is 1. The number of carbonyl (C=O) groups is 1. The minimum Gasteiger partial charge on any atom is -0.497 e. The molecule has 0 saturated carbocycles. The summed E-state index contributed by atoms with van der Waals surface area (Å²) in [5.74, 6) is 1.07. The van der Waals surface area contributed by atoms with Crippen molar-refractivity contribution < 1.29 is 14.3 Å². The van der Waals surface area contributed by atoms with Crippen molar-refractivity contribution in [3.63, 3.8) is 0 Å². The Morgan fingerprint density at radius 1 is 1.13 bits per heavy atom. The number of hydrogen-bond acceptors (Lipinski definition) is 5. The van der Waals surface area contributed by atoms with E-state index in [1.54, 1.807) is 7.11 Å². The smallest absolute Gasteiger partial charge is 0.236 e. The zero-order chi connectivity index (χ0) is 20.9. The maximum atomic E-state index is 12.8. The van der Waals surface area contributed by atoms with Crippen molar-refractivity contribution >= 4 is 5.91 Å². The van der Waals surface area contributed by atoms with Crippen LogP contribution >= 0.6 is 0 Å². The van der Waals surface area contributed by atoms with E-state index in [1.807, 2.05) is 24.0 Å². The van der Waals surface area contributed by atoms with Crippen molar-refractivity contribution in [1.29, 1.82) is 0 Å². The van der Waals surface area contributed by atoms with E-state index in [1.165, 1.54) is 24.0 Å². The van der Waals surface area contributed by atoms with Gasteiger partial charge in [-0.15, -0.1) is 0 Å². The van der Waals surface area contributed by atoms with Gasteiger partial charge in [-0.05, 0) is 74.7 Å². The predicted octanol–water partition coefficient (Wildman–Crippen LogP) is 2.99. The van der Waals surface area contributed by atoms with Gasteiger partial charge in [-0.1, -0.05) is 12.1 Å². The number of aromatic nitrogens is 1. The lowest BCUT2D eigenvalue weighted by Crippen LogP contribution is -2.46. The topological polar surface area (TPSA) is 54.9 Å². The van der Waals surface area contributed by atoms with Crippen molar-refractivity contribution in [2.24, 2.45) is 0 Å². The lowest BCUT2D eigenvalue weighted by Gasteiger charge is -2.34. The number of aryl methyl sites for hydroxylation is 1. The predicted molar refractivity (Wildman–Crippen MR) is 116 cm³/mol. The fourth-order valence-electron chi connectivity index (χ4n) is 4.30. The Morgan fingerprint density at radius 3 is 2.63 bits per heavy atom. The van der Waals surface area contributed by atoms with Crippen molar-refractivity contribution in [2.75, 3.05) is 46.4 Å². The van der Waals surface area contributed by atoms with Gasteiger partial charge in [0.2, 0.25) is 5.91 Å². The van der Waals surface area contributed by atoms with Gasteiger partial charge in [-0.3, -0.25) is 14.7 Å². The van der Waals surface area contributed by atoms with Crippen molar-refractivity contribution in [2.45, 2.75) is 32.3 Å². The number of nitrogens with zero attached hydrogens (tertiary/aromatic N) is 3. The van der Waals surface area contributed by atoms with Crippen LogP contribution in [0.25, 0.3) is 0 Å². The van der Waals surface area contributed by atoms with Gasteiger partial charge in [-0.25, -0.2) is 0 Å². The molecule has 1 unspecified atom stereocenters. The summed E-state index contributed by atoms with van der Waals surface area (Å²) in [7, 11) is 1.68. The molecule has 6 heteroatoms. The normalized spacial score (nSPS) is 19.8. The molecule has 2 aliphatic rings. The Balaban J connectivity index is 1.43. The van der Waals surface area contributed by atoms with Crippen LogP contribution in [-0.2, 0) is 16.0 Å². The summed E-state index contributed by atoms with van der Waals surface area (Å²) in [5.41, 5.74) is 4.31. The van der Waals surface area contributed by atoms with Crippen LogP contribution in [0.2, 0.25) is 0 Å². The fraction of sp³-hybridized carbons (Fsp3) is 0.500. The summed E-state index contributed by atoms with van der Waals surface area (Å²) in [6.07, 6.45) is 3.05. The number of methoxy groups -OCH3 is 1. The average Bonchev–Trinajstić information content (AvgIpc) is 3.27. The Morgan fingerprint density at radius 2 is 1.90 bits per heavy atom. The van der Waals surface area contributed by atoms with Crippen molar-refractivity contribution in [3.8, 4) is 5.75 Å². The van der Waals surface area contributed by atoms with Crippen LogP contribution in [0.4, 0.5) is 0 Å². The minimum absolute atomic E-state index is 0.171. The van der Waals surface area contributed by atoms with Crippen LogP contribution in [0, 0.1) is 6.92 Å². The first-order valence-electron chi connectivity index (χ1n) is 10.8. The number of hydrogen-bond donors (Lipinski definition) is 0. The molecule has 1 aromatic carbocycles. The van der Waals surface area contributed by atoms with E-state index in [4.69, 9.17) is 14.5 Å². The molecular formula is C24H31N3O3. The standard InChI is InChI=1S/C24H31N3O3/c1-18-13-20(14-19-5-7-21(29-2)8-6-19)15-22(25-18)23-16-27(11-12-30-23)24(28)17-26-9-3-4-10-26/h5-8,13,15,23H,3-4,9-12,14,16-17H2,1-2H3. The zero-order valence-corrected chi connectivity index (χ0v) is 18.0. The summed E-state index contributed by atoms with van der Waals surface area (Å²) in [5, 5.41) is 0. The van der Waals surface area contributed by atoms with Gasteiger partial charge in [0.05, 0.1) is 32.5 Å². The van der Waals surface area contributed by atoms with E-state index in [9.17, 15) is 4.79 Å². The molecule has 1 amide bonds. The number of carbonyl (C=O) groups excluding carboxylic acids is 1. The lowest BCUT2D eigenvalue weighted by molar-refractivity contribution is -0.140. The first-order chi connectivity index (χ1) is 14.6. The van der Waals surface area contributed by atoms with E-state index >= 15 is 0 Å². The molecule has 0 bridgehead atoms. The molecule has 3 heterocycles. The SMILES string of the molecule is COc1ccc(Cc2cc(C)nc(C3CN(C(=O)CN4CCCC4)CCO3)c2)cc1. The minimum atomic E-state index is -0.171. The molecule has 30 heavy (non-hydrogen) atoms. The van der Waals surface area contributed by atoms with Crippen LogP contribution in [-0.4, -0.2) is 67.1 Å². The maximum Gasteiger partial charge on any atom is 0.236 e. The quantitative estimate of drug-likeness (QED) is 0.734. The molecule has 0 N–H and O–H groups in total. The van der Waals surface area contributed by atoms with Gasteiger partial charge < -0.3 is 14.4 Å². The zero-order valence-electron chi connectivity index (χ0n) is 18.0. The largest absolute Gasteiger partial charge is 0.497 e. The van der Waals surface area contributed by atoms with Gasteiger partial charge in [0.1, 0.15) is 11.9 Å². The summed E-state index contributed by atoms with van der Waals surface area (Å²) in [4.78, 5) is 21.7. The highest BCUT2D eigenvalue weighted by atomic mass is 16.5. The third kappa shape index (κ3) is 5.18. The molecule has 2 saturated heterocycles. The number of morpholine rings is 1. The number of rotatable bonds is 6. The monoisotopic (exact) mass is 409 g/mol. The molecule has 160 valence electrons. The highest BCUT2D eigenvalue weighted by Crippen LogP contribution is 2.24. The molecule has 1 aromatic heterocycles. The second-order valence-corrected chi connectivity index (χ2v) is 8.25. The molecule has 0 radical (unpaired) electrons. The van der Waals surface area contributed by atoms with Gasteiger partial charge in [0.15, 0.2) is 0 Å². The van der Waals surface area contributed by atoms with Crippen molar-refractivity contribution in [3.05, 3.63) is 58.9 Å². The molecular weight excluding hydrogens is 378 g/mol. The first kappa shape index (κ1) is 20.8. The number of amides is 1. The highest BCUT2D eigenvalue weighted by molar-refractivity contribution is 5.78. The van der Waals surface area contributed by atoms with E-state index in [0.717, 1.165) is 36.6 Å². The number of benzene rings is 1. The molecule has 0 aliphatic carbocycles. The Hall–Kier alpha value is -2.44. The van der Waals surface area contributed by atoms with E-state index in [0.29, 0.717) is 26.2 Å². The molecule has 2 aromatic rings. The van der Waals surface area contributed by atoms with Gasteiger partial charge in [0, 0.05) is 12.2 Å². The summed E-state index contributed by atoms with van der Waals surface area (Å²) in [6.45, 7) is 6.40. The molecule has 1 atom stereocenters. The van der Waals surface area contributed by atoms with E-state index < -0.39 is 0 Å². The third-order valence-electron chi connectivity index (χ3n) is 5.91. The Labute approximate surface area is 178 Å². The summed E-state index contributed by atoms with van der Waals surface area (Å²) >= 11 is 0. The molecule has 2 fully saturated rings. The first-order valence-corrected chi connectivity index (χ1v) is 10.8. The van der Waals surface area contributed by atoms with Crippen LogP contribution in [0.5, 0.6) is 5.75 Å².